The minimum absolute atomic E-state index is 0. The fourth-order valence-corrected chi connectivity index (χ4v) is 2.06. The van der Waals surface area contributed by atoms with Crippen LogP contribution in [0.2, 0.25) is 5.02 Å². The van der Waals surface area contributed by atoms with Crippen LogP contribution in [0.3, 0.4) is 0 Å². The molecule has 0 saturated carbocycles. The Kier molecular flexibility index (Phi) is 5.85. The summed E-state index contributed by atoms with van der Waals surface area (Å²) in [4.78, 5) is 11.9. The number of hydrogen-bond acceptors (Lipinski definition) is 2. The van der Waals surface area contributed by atoms with E-state index in [-0.39, 0.29) is 29.4 Å². The van der Waals surface area contributed by atoms with Gasteiger partial charge in [-0.05, 0) is 37.6 Å². The van der Waals surface area contributed by atoms with Crippen molar-refractivity contribution in [3.8, 4) is 0 Å². The van der Waals surface area contributed by atoms with Gasteiger partial charge in [-0.25, -0.2) is 4.39 Å². The maximum Gasteiger partial charge on any atom is 0.251 e. The summed E-state index contributed by atoms with van der Waals surface area (Å²) in [5.74, 6) is -0.719. The van der Waals surface area contributed by atoms with Gasteiger partial charge in [-0.3, -0.25) is 4.79 Å². The van der Waals surface area contributed by atoms with Crippen molar-refractivity contribution in [2.45, 2.75) is 18.9 Å². The second-order valence-corrected chi connectivity index (χ2v) is 4.55. The summed E-state index contributed by atoms with van der Waals surface area (Å²) in [7, 11) is 0. The Morgan fingerprint density at radius 1 is 1.50 bits per heavy atom. The highest BCUT2D eigenvalue weighted by Gasteiger charge is 2.16. The van der Waals surface area contributed by atoms with Crippen LogP contribution in [-0.4, -0.2) is 25.0 Å². The van der Waals surface area contributed by atoms with E-state index in [1.165, 1.54) is 18.2 Å². The van der Waals surface area contributed by atoms with E-state index in [2.05, 4.69) is 10.6 Å². The third-order valence-corrected chi connectivity index (χ3v) is 3.10. The standard InChI is InChI=1S/C12H14ClFN2O.ClH/c13-10-6-8(3-4-11(10)14)12(17)16-9-2-1-5-15-7-9;/h3-4,6,9,15H,1-2,5,7H2,(H,16,17);1H/t9-;/m1./s1. The maximum atomic E-state index is 12.9. The van der Waals surface area contributed by atoms with E-state index >= 15 is 0 Å². The lowest BCUT2D eigenvalue weighted by Crippen LogP contribution is -2.45. The number of carbonyl (C=O) groups is 1. The minimum Gasteiger partial charge on any atom is -0.348 e. The highest BCUT2D eigenvalue weighted by atomic mass is 35.5. The lowest BCUT2D eigenvalue weighted by atomic mass is 10.1. The van der Waals surface area contributed by atoms with Gasteiger partial charge in [-0.15, -0.1) is 12.4 Å². The van der Waals surface area contributed by atoms with Gasteiger partial charge in [0.15, 0.2) is 0 Å². The molecule has 0 unspecified atom stereocenters. The van der Waals surface area contributed by atoms with Crippen molar-refractivity contribution >= 4 is 29.9 Å². The van der Waals surface area contributed by atoms with Crippen LogP contribution in [0.15, 0.2) is 18.2 Å². The van der Waals surface area contributed by atoms with E-state index in [1.54, 1.807) is 0 Å². The lowest BCUT2D eigenvalue weighted by Gasteiger charge is -2.23. The van der Waals surface area contributed by atoms with Crippen LogP contribution >= 0.6 is 24.0 Å². The van der Waals surface area contributed by atoms with Gasteiger partial charge < -0.3 is 10.6 Å². The Bertz CT molecular complexity index is 423. The van der Waals surface area contributed by atoms with Gasteiger partial charge in [-0.2, -0.15) is 0 Å². The predicted molar refractivity (Wildman–Crippen MR) is 72.0 cm³/mol. The molecule has 1 heterocycles. The SMILES string of the molecule is Cl.O=C(N[C@@H]1CCCNC1)c1ccc(F)c(Cl)c1. The molecule has 1 aliphatic heterocycles. The zero-order valence-electron chi connectivity index (χ0n) is 9.71. The summed E-state index contributed by atoms with van der Waals surface area (Å²) in [6, 6.07) is 4.13. The molecule has 0 aromatic heterocycles. The van der Waals surface area contributed by atoms with Crippen LogP contribution in [-0.2, 0) is 0 Å². The third kappa shape index (κ3) is 3.83. The summed E-state index contributed by atoms with van der Waals surface area (Å²) >= 11 is 5.63. The van der Waals surface area contributed by atoms with Crippen LogP contribution in [0.4, 0.5) is 4.39 Å². The van der Waals surface area contributed by atoms with Crippen molar-refractivity contribution in [1.29, 1.82) is 0 Å². The van der Waals surface area contributed by atoms with Crippen LogP contribution in [0.25, 0.3) is 0 Å². The van der Waals surface area contributed by atoms with Crippen LogP contribution in [0.5, 0.6) is 0 Å². The Labute approximate surface area is 116 Å². The predicted octanol–water partition coefficient (Wildman–Crippen LogP) is 2.38. The quantitative estimate of drug-likeness (QED) is 0.879. The molecular weight excluding hydrogens is 278 g/mol. The zero-order chi connectivity index (χ0) is 12.3. The van der Waals surface area contributed by atoms with Crippen LogP contribution < -0.4 is 10.6 Å². The van der Waals surface area contributed by atoms with Crippen molar-refractivity contribution in [3.05, 3.63) is 34.6 Å². The van der Waals surface area contributed by atoms with E-state index in [0.717, 1.165) is 25.9 Å². The number of carbonyl (C=O) groups excluding carboxylic acids is 1. The first-order chi connectivity index (χ1) is 8.16. The Morgan fingerprint density at radius 3 is 2.89 bits per heavy atom. The van der Waals surface area contributed by atoms with Gasteiger partial charge in [0.25, 0.3) is 5.91 Å². The third-order valence-electron chi connectivity index (χ3n) is 2.81. The van der Waals surface area contributed by atoms with E-state index in [1.807, 2.05) is 0 Å². The maximum absolute atomic E-state index is 12.9. The molecule has 1 aromatic rings. The second kappa shape index (κ2) is 6.92. The van der Waals surface area contributed by atoms with Gasteiger partial charge in [-0.1, -0.05) is 11.6 Å². The second-order valence-electron chi connectivity index (χ2n) is 4.15. The van der Waals surface area contributed by atoms with Gasteiger partial charge >= 0.3 is 0 Å². The molecule has 1 amide bonds. The molecule has 0 aliphatic carbocycles. The largest absolute Gasteiger partial charge is 0.348 e. The number of hydrogen-bond donors (Lipinski definition) is 2. The monoisotopic (exact) mass is 292 g/mol. The summed E-state index contributed by atoms with van der Waals surface area (Å²) in [5.41, 5.74) is 0.391. The molecule has 2 rings (SSSR count). The highest BCUT2D eigenvalue weighted by molar-refractivity contribution is 6.31. The van der Waals surface area contributed by atoms with Crippen molar-refractivity contribution in [2.75, 3.05) is 13.1 Å². The van der Waals surface area contributed by atoms with E-state index in [9.17, 15) is 9.18 Å². The zero-order valence-corrected chi connectivity index (χ0v) is 11.3. The molecular formula is C12H15Cl2FN2O. The summed E-state index contributed by atoms with van der Waals surface area (Å²) in [5, 5.41) is 6.08. The number of nitrogens with one attached hydrogen (secondary N) is 2. The fraction of sp³-hybridized carbons (Fsp3) is 0.417. The Morgan fingerprint density at radius 2 is 2.28 bits per heavy atom. The van der Waals surface area contributed by atoms with Crippen LogP contribution in [0.1, 0.15) is 23.2 Å². The molecule has 2 N–H and O–H groups in total. The average molecular weight is 293 g/mol. The molecule has 1 atom stereocenters. The first-order valence-corrected chi connectivity index (χ1v) is 6.01. The molecule has 1 fully saturated rings. The normalized spacial score (nSPS) is 18.9. The van der Waals surface area contributed by atoms with Gasteiger partial charge in [0.2, 0.25) is 0 Å². The summed E-state index contributed by atoms with van der Waals surface area (Å²) in [6.45, 7) is 1.77. The number of rotatable bonds is 2. The molecule has 0 radical (unpaired) electrons. The fourth-order valence-electron chi connectivity index (χ4n) is 1.88. The highest BCUT2D eigenvalue weighted by Crippen LogP contribution is 2.16. The summed E-state index contributed by atoms with van der Waals surface area (Å²) in [6.07, 6.45) is 2.02. The molecule has 18 heavy (non-hydrogen) atoms. The Balaban J connectivity index is 0.00000162. The number of piperidine rings is 1. The van der Waals surface area contributed by atoms with Gasteiger partial charge in [0.05, 0.1) is 5.02 Å². The van der Waals surface area contributed by atoms with Crippen molar-refractivity contribution in [2.24, 2.45) is 0 Å². The lowest BCUT2D eigenvalue weighted by molar-refractivity contribution is 0.0930. The molecule has 1 aromatic carbocycles. The molecule has 1 aliphatic rings. The van der Waals surface area contributed by atoms with Crippen molar-refractivity contribution in [3.63, 3.8) is 0 Å². The first-order valence-electron chi connectivity index (χ1n) is 5.63. The number of halogens is 3. The molecule has 0 bridgehead atoms. The topological polar surface area (TPSA) is 41.1 Å². The van der Waals surface area contributed by atoms with Crippen LogP contribution in [0, 0.1) is 5.82 Å². The Hall–Kier alpha value is -0.840. The number of amides is 1. The molecule has 6 heteroatoms. The molecule has 3 nitrogen and oxygen atoms in total. The van der Waals surface area contributed by atoms with Gasteiger partial charge in [0, 0.05) is 18.2 Å². The molecule has 100 valence electrons. The average Bonchev–Trinajstić information content (AvgIpc) is 2.34. The smallest absolute Gasteiger partial charge is 0.251 e. The molecule has 0 spiro atoms. The van der Waals surface area contributed by atoms with E-state index < -0.39 is 5.82 Å². The number of benzene rings is 1. The van der Waals surface area contributed by atoms with E-state index in [0.29, 0.717) is 5.56 Å². The van der Waals surface area contributed by atoms with Gasteiger partial charge in [0.1, 0.15) is 5.82 Å². The molecule has 1 saturated heterocycles. The van der Waals surface area contributed by atoms with E-state index in [4.69, 9.17) is 11.6 Å². The minimum atomic E-state index is -0.512. The summed E-state index contributed by atoms with van der Waals surface area (Å²) < 4.78 is 12.9. The first kappa shape index (κ1) is 15.2. The van der Waals surface area contributed by atoms with Crippen molar-refractivity contribution < 1.29 is 9.18 Å². The van der Waals surface area contributed by atoms with Crippen molar-refractivity contribution in [1.82, 2.24) is 10.6 Å².